The van der Waals surface area contributed by atoms with Crippen LogP contribution in [0.25, 0.3) is 11.0 Å². The van der Waals surface area contributed by atoms with Gasteiger partial charge in [-0.3, -0.25) is 0 Å². The largest absolute Gasteiger partial charge is 0.395 e. The van der Waals surface area contributed by atoms with Crippen LogP contribution in [0.1, 0.15) is 0 Å². The summed E-state index contributed by atoms with van der Waals surface area (Å²) in [7, 11) is 0. The fraction of sp³-hybridized carbons (Fsp3) is 0.400. The Labute approximate surface area is 127 Å². The van der Waals surface area contributed by atoms with Gasteiger partial charge in [-0.2, -0.15) is 9.97 Å². The smallest absolute Gasteiger partial charge is 0.255 e. The van der Waals surface area contributed by atoms with E-state index in [1.54, 1.807) is 0 Å². The Morgan fingerprint density at radius 3 is 1.95 bits per heavy atom. The van der Waals surface area contributed by atoms with Gasteiger partial charge < -0.3 is 15.7 Å². The Morgan fingerprint density at radius 1 is 0.952 bits per heavy atom. The van der Waals surface area contributed by atoms with E-state index in [-0.39, 0.29) is 46.4 Å². The topological polar surface area (TPSA) is 95.8 Å². The molecule has 0 amide bonds. The van der Waals surface area contributed by atoms with Crippen molar-refractivity contribution in [2.45, 2.75) is 6.43 Å². The van der Waals surface area contributed by atoms with Crippen LogP contribution in [0.3, 0.4) is 0 Å². The van der Waals surface area contributed by atoms with Crippen molar-refractivity contribution in [3.8, 4) is 0 Å². The van der Waals surface area contributed by atoms with Crippen LogP contribution in [0.4, 0.5) is 20.4 Å². The molecule has 7 nitrogen and oxygen atoms in total. The van der Waals surface area contributed by atoms with Crippen LogP contribution in [0, 0.1) is 0 Å². The van der Waals surface area contributed by atoms with Gasteiger partial charge >= 0.3 is 0 Å². The number of alkyl halides is 2. The van der Waals surface area contributed by atoms with Crippen LogP contribution < -0.4 is 10.6 Å². The standard InChI is InChI=1S/C10H10Cl2F2N6O/c11-9-18-6-5(7(19-9)15-1-2-21)17-10(12)20-8(6)16-3-4(13)14/h4,21H,1-3H2,(H,15,18,19)(H,16,17,20). The summed E-state index contributed by atoms with van der Waals surface area (Å²) in [6.07, 6.45) is -2.57. The molecule has 0 saturated heterocycles. The maximum Gasteiger partial charge on any atom is 0.255 e. The van der Waals surface area contributed by atoms with Crippen molar-refractivity contribution < 1.29 is 13.9 Å². The molecule has 0 aliphatic carbocycles. The van der Waals surface area contributed by atoms with Crippen molar-refractivity contribution in [1.29, 1.82) is 0 Å². The van der Waals surface area contributed by atoms with Gasteiger partial charge in [0.05, 0.1) is 13.2 Å². The van der Waals surface area contributed by atoms with E-state index in [9.17, 15) is 8.78 Å². The van der Waals surface area contributed by atoms with Crippen molar-refractivity contribution in [1.82, 2.24) is 19.9 Å². The minimum Gasteiger partial charge on any atom is -0.395 e. The molecule has 0 aromatic carbocycles. The Hall–Kier alpha value is -1.58. The number of anilines is 2. The van der Waals surface area contributed by atoms with Crippen molar-refractivity contribution >= 4 is 45.9 Å². The average molecular weight is 339 g/mol. The third-order valence-corrected chi connectivity index (χ3v) is 2.66. The Bertz CT molecular complexity index is 644. The van der Waals surface area contributed by atoms with Gasteiger partial charge in [0.2, 0.25) is 10.6 Å². The molecule has 114 valence electrons. The number of nitrogens with one attached hydrogen (secondary N) is 2. The Morgan fingerprint density at radius 2 is 1.48 bits per heavy atom. The first-order chi connectivity index (χ1) is 10.0. The minimum absolute atomic E-state index is 0.0293. The minimum atomic E-state index is -2.57. The van der Waals surface area contributed by atoms with E-state index in [4.69, 9.17) is 28.3 Å². The molecule has 0 spiro atoms. The second kappa shape index (κ2) is 6.92. The van der Waals surface area contributed by atoms with Crippen LogP contribution >= 0.6 is 23.2 Å². The van der Waals surface area contributed by atoms with Crippen LogP contribution in [-0.4, -0.2) is 51.2 Å². The van der Waals surface area contributed by atoms with Crippen molar-refractivity contribution in [2.24, 2.45) is 0 Å². The molecule has 2 aromatic heterocycles. The quantitative estimate of drug-likeness (QED) is 0.691. The number of fused-ring (bicyclic) bond motifs is 1. The van der Waals surface area contributed by atoms with Crippen LogP contribution in [-0.2, 0) is 0 Å². The number of aliphatic hydroxyl groups excluding tert-OH is 1. The van der Waals surface area contributed by atoms with E-state index in [2.05, 4.69) is 30.6 Å². The second-order valence-corrected chi connectivity index (χ2v) is 4.48. The van der Waals surface area contributed by atoms with Gasteiger partial charge in [-0.1, -0.05) is 0 Å². The molecule has 21 heavy (non-hydrogen) atoms. The number of nitrogens with zero attached hydrogens (tertiary/aromatic N) is 4. The summed E-state index contributed by atoms with van der Waals surface area (Å²) in [6.45, 7) is -0.564. The van der Waals surface area contributed by atoms with Crippen molar-refractivity contribution in [3.05, 3.63) is 10.6 Å². The molecule has 0 unspecified atom stereocenters. The fourth-order valence-corrected chi connectivity index (χ4v) is 1.89. The molecule has 3 N–H and O–H groups in total. The summed E-state index contributed by atoms with van der Waals surface area (Å²) in [5, 5.41) is 13.8. The first-order valence-electron chi connectivity index (χ1n) is 5.78. The molecule has 11 heteroatoms. The first kappa shape index (κ1) is 15.8. The predicted molar refractivity (Wildman–Crippen MR) is 75.2 cm³/mol. The normalized spacial score (nSPS) is 11.1. The highest BCUT2D eigenvalue weighted by molar-refractivity contribution is 6.30. The Balaban J connectivity index is 2.51. The highest BCUT2D eigenvalue weighted by Gasteiger charge is 2.15. The summed E-state index contributed by atoms with van der Waals surface area (Å²) >= 11 is 11.6. The van der Waals surface area contributed by atoms with E-state index < -0.39 is 13.0 Å². The number of aliphatic hydroxyl groups is 1. The van der Waals surface area contributed by atoms with Gasteiger partial charge in [0.25, 0.3) is 6.43 Å². The van der Waals surface area contributed by atoms with Gasteiger partial charge in [-0.15, -0.1) is 0 Å². The zero-order valence-electron chi connectivity index (χ0n) is 10.4. The molecule has 0 radical (unpaired) electrons. The summed E-state index contributed by atoms with van der Waals surface area (Å²) in [5.74, 6) is 0.255. The van der Waals surface area contributed by atoms with Gasteiger partial charge in [0, 0.05) is 6.54 Å². The highest BCUT2D eigenvalue weighted by Crippen LogP contribution is 2.26. The second-order valence-electron chi connectivity index (χ2n) is 3.80. The van der Waals surface area contributed by atoms with E-state index in [0.29, 0.717) is 0 Å². The van der Waals surface area contributed by atoms with Crippen LogP contribution in [0.2, 0.25) is 10.6 Å². The van der Waals surface area contributed by atoms with Gasteiger partial charge in [-0.25, -0.2) is 18.7 Å². The van der Waals surface area contributed by atoms with Gasteiger partial charge in [0.15, 0.2) is 11.6 Å². The maximum atomic E-state index is 12.3. The summed E-state index contributed by atoms with van der Waals surface area (Å²) in [5.41, 5.74) is 0.366. The Kier molecular flexibility index (Phi) is 5.21. The molecule has 2 rings (SSSR count). The average Bonchev–Trinajstić information content (AvgIpc) is 2.42. The lowest BCUT2D eigenvalue weighted by atomic mass is 10.3. The van der Waals surface area contributed by atoms with Gasteiger partial charge in [-0.05, 0) is 23.2 Å². The molecule has 0 aliphatic heterocycles. The third kappa shape index (κ3) is 3.96. The van der Waals surface area contributed by atoms with Crippen molar-refractivity contribution in [3.63, 3.8) is 0 Å². The van der Waals surface area contributed by atoms with E-state index >= 15 is 0 Å². The molecule has 2 aromatic rings. The van der Waals surface area contributed by atoms with Crippen LogP contribution in [0.15, 0.2) is 0 Å². The lowest BCUT2D eigenvalue weighted by molar-refractivity contribution is 0.163. The zero-order valence-corrected chi connectivity index (χ0v) is 12.0. The molecule has 2 heterocycles. The van der Waals surface area contributed by atoms with E-state index in [0.717, 1.165) is 0 Å². The summed E-state index contributed by atoms with van der Waals surface area (Å²) in [4.78, 5) is 15.6. The lowest BCUT2D eigenvalue weighted by Gasteiger charge is -2.11. The van der Waals surface area contributed by atoms with E-state index in [1.165, 1.54) is 0 Å². The predicted octanol–water partition coefficient (Wildman–Crippen LogP) is 1.81. The third-order valence-electron chi connectivity index (χ3n) is 2.32. The number of hydrogen-bond acceptors (Lipinski definition) is 7. The molecule has 0 bridgehead atoms. The van der Waals surface area contributed by atoms with E-state index in [1.807, 2.05) is 0 Å². The fourth-order valence-electron chi connectivity index (χ4n) is 1.56. The number of rotatable bonds is 6. The highest BCUT2D eigenvalue weighted by atomic mass is 35.5. The molecule has 0 atom stereocenters. The molecule has 0 aliphatic rings. The molecule has 0 saturated carbocycles. The lowest BCUT2D eigenvalue weighted by Crippen LogP contribution is -2.14. The molecule has 0 fully saturated rings. The summed E-state index contributed by atoms with van der Waals surface area (Å²) < 4.78 is 24.6. The zero-order chi connectivity index (χ0) is 15.4. The number of aromatic nitrogens is 4. The monoisotopic (exact) mass is 338 g/mol. The SMILES string of the molecule is OCCNc1nc(Cl)nc2c(NCC(F)F)nc(Cl)nc12. The molecular formula is C10H10Cl2F2N6O. The van der Waals surface area contributed by atoms with Crippen molar-refractivity contribution in [2.75, 3.05) is 30.3 Å². The maximum absolute atomic E-state index is 12.3. The molecular weight excluding hydrogens is 329 g/mol. The summed E-state index contributed by atoms with van der Waals surface area (Å²) in [6, 6.07) is 0. The van der Waals surface area contributed by atoms with Crippen LogP contribution in [0.5, 0.6) is 0 Å². The van der Waals surface area contributed by atoms with Gasteiger partial charge in [0.1, 0.15) is 11.0 Å². The number of halogens is 4. The number of hydrogen-bond donors (Lipinski definition) is 3. The first-order valence-corrected chi connectivity index (χ1v) is 6.54.